The quantitative estimate of drug-likeness (QED) is 0.877. The summed E-state index contributed by atoms with van der Waals surface area (Å²) in [6.07, 6.45) is 10.1. The van der Waals surface area contributed by atoms with E-state index in [9.17, 15) is 0 Å². The molecule has 2 N–H and O–H groups in total. The second-order valence-corrected chi connectivity index (χ2v) is 6.69. The molecule has 1 aromatic heterocycles. The largest absolute Gasteiger partial charge is 0.342 e. The lowest BCUT2D eigenvalue weighted by atomic mass is 9.96. The average Bonchev–Trinajstić information content (AvgIpc) is 2.82. The van der Waals surface area contributed by atoms with Crippen molar-refractivity contribution in [1.29, 1.82) is 0 Å². The van der Waals surface area contributed by atoms with Gasteiger partial charge in [-0.25, -0.2) is 0 Å². The Balaban J connectivity index is 1.69. The molecule has 1 aromatic carbocycles. The molecule has 24 heavy (non-hydrogen) atoms. The highest BCUT2D eigenvalue weighted by molar-refractivity contribution is 6.01. The van der Waals surface area contributed by atoms with E-state index in [4.69, 9.17) is 4.99 Å². The van der Waals surface area contributed by atoms with Crippen molar-refractivity contribution in [2.75, 3.05) is 5.32 Å². The molecule has 4 rings (SSSR count). The summed E-state index contributed by atoms with van der Waals surface area (Å²) in [5, 5.41) is 7.28. The second kappa shape index (κ2) is 7.14. The number of amidine groups is 1. The normalized spacial score (nSPS) is 23.3. The molecule has 1 aliphatic carbocycles. The molecule has 2 aliphatic rings. The number of aromatic nitrogens is 1. The maximum absolute atomic E-state index is 5.13. The summed E-state index contributed by atoms with van der Waals surface area (Å²) in [4.78, 5) is 9.43. The lowest BCUT2D eigenvalue weighted by Gasteiger charge is -2.23. The number of hydrogen-bond acceptors (Lipinski definition) is 3. The van der Waals surface area contributed by atoms with Gasteiger partial charge < -0.3 is 5.32 Å². The van der Waals surface area contributed by atoms with Crippen molar-refractivity contribution in [2.45, 2.75) is 50.7 Å². The van der Waals surface area contributed by atoms with Crippen molar-refractivity contribution in [1.82, 2.24) is 10.3 Å². The molecule has 0 radical (unpaired) electrons. The minimum atomic E-state index is 0.0630. The van der Waals surface area contributed by atoms with Crippen LogP contribution in [0.5, 0.6) is 0 Å². The summed E-state index contributed by atoms with van der Waals surface area (Å²) >= 11 is 0. The molecular weight excluding hydrogens is 296 g/mol. The monoisotopic (exact) mass is 320 g/mol. The van der Waals surface area contributed by atoms with Crippen molar-refractivity contribution in [3.8, 4) is 0 Å². The Morgan fingerprint density at radius 3 is 2.71 bits per heavy atom. The van der Waals surface area contributed by atoms with Crippen LogP contribution in [0.3, 0.4) is 0 Å². The number of anilines is 1. The Morgan fingerprint density at radius 2 is 1.88 bits per heavy atom. The number of pyridine rings is 1. The molecule has 1 atom stereocenters. The predicted octanol–water partition coefficient (Wildman–Crippen LogP) is 4.07. The van der Waals surface area contributed by atoms with Crippen molar-refractivity contribution in [2.24, 2.45) is 4.99 Å². The molecule has 0 saturated heterocycles. The van der Waals surface area contributed by atoms with E-state index in [1.807, 2.05) is 18.5 Å². The van der Waals surface area contributed by atoms with E-state index in [1.165, 1.54) is 37.7 Å². The smallest absolute Gasteiger partial charge is 0.123 e. The van der Waals surface area contributed by atoms with Crippen LogP contribution in [0.25, 0.3) is 0 Å². The van der Waals surface area contributed by atoms with E-state index in [2.05, 4.69) is 45.9 Å². The number of nitrogens with one attached hydrogen (secondary N) is 2. The Labute approximate surface area is 143 Å². The molecule has 0 spiro atoms. The van der Waals surface area contributed by atoms with Crippen LogP contribution in [-0.2, 0) is 6.54 Å². The minimum absolute atomic E-state index is 0.0630. The summed E-state index contributed by atoms with van der Waals surface area (Å²) in [7, 11) is 0. The maximum atomic E-state index is 5.13. The van der Waals surface area contributed by atoms with Gasteiger partial charge in [0.05, 0.1) is 12.1 Å². The summed E-state index contributed by atoms with van der Waals surface area (Å²) in [5.41, 5.74) is 3.60. The van der Waals surface area contributed by atoms with Gasteiger partial charge in [-0.15, -0.1) is 0 Å². The number of nitrogens with zero attached hydrogens (tertiary/aromatic N) is 2. The number of hydrogen-bond donors (Lipinski definition) is 2. The highest BCUT2D eigenvalue weighted by Crippen LogP contribution is 2.27. The Morgan fingerprint density at radius 1 is 1.00 bits per heavy atom. The van der Waals surface area contributed by atoms with Crippen LogP contribution in [0.1, 0.15) is 49.3 Å². The molecule has 124 valence electrons. The molecule has 0 amide bonds. The third kappa shape index (κ3) is 3.34. The lowest BCUT2D eigenvalue weighted by Crippen LogP contribution is -2.31. The fourth-order valence-corrected chi connectivity index (χ4v) is 3.65. The van der Waals surface area contributed by atoms with Crippen LogP contribution >= 0.6 is 0 Å². The molecule has 0 bridgehead atoms. The van der Waals surface area contributed by atoms with Crippen LogP contribution < -0.4 is 10.6 Å². The summed E-state index contributed by atoms with van der Waals surface area (Å²) in [6.45, 7) is 0.826. The van der Waals surface area contributed by atoms with E-state index in [1.54, 1.807) is 0 Å². The Kier molecular flexibility index (Phi) is 4.56. The molecule has 2 heterocycles. The Bertz CT molecular complexity index is 705. The van der Waals surface area contributed by atoms with Gasteiger partial charge in [-0.1, -0.05) is 43.5 Å². The number of rotatable bonds is 2. The topological polar surface area (TPSA) is 49.3 Å². The van der Waals surface area contributed by atoms with Gasteiger partial charge in [-0.05, 0) is 36.1 Å². The average molecular weight is 320 g/mol. The van der Waals surface area contributed by atoms with E-state index >= 15 is 0 Å². The van der Waals surface area contributed by atoms with Gasteiger partial charge in [0, 0.05) is 24.6 Å². The first kappa shape index (κ1) is 15.3. The molecule has 1 saturated carbocycles. The fraction of sp³-hybridized carbons (Fsp3) is 0.400. The number of para-hydroxylation sites is 1. The molecule has 1 unspecified atom stereocenters. The summed E-state index contributed by atoms with van der Waals surface area (Å²) in [5.74, 6) is 1.03. The highest BCUT2D eigenvalue weighted by atomic mass is 15.1. The van der Waals surface area contributed by atoms with Crippen LogP contribution in [0, 0.1) is 0 Å². The van der Waals surface area contributed by atoms with Crippen molar-refractivity contribution in [3.05, 3.63) is 59.9 Å². The van der Waals surface area contributed by atoms with Crippen LogP contribution in [-0.4, -0.2) is 16.9 Å². The lowest BCUT2D eigenvalue weighted by molar-refractivity contribution is 0.441. The van der Waals surface area contributed by atoms with Crippen molar-refractivity contribution < 1.29 is 0 Å². The maximum Gasteiger partial charge on any atom is 0.123 e. The SMILES string of the molecule is c1cncc(C2NCc3ccccc3NC2=NC2CCCCC2)c1. The molecule has 1 fully saturated rings. The van der Waals surface area contributed by atoms with Crippen LogP contribution in [0.4, 0.5) is 5.69 Å². The van der Waals surface area contributed by atoms with Gasteiger partial charge in [-0.2, -0.15) is 0 Å². The zero-order valence-corrected chi connectivity index (χ0v) is 13.9. The van der Waals surface area contributed by atoms with E-state index in [0.29, 0.717) is 6.04 Å². The standard InChI is InChI=1S/C20H24N4/c1-2-9-17(10-3-1)23-20-19(16-8-6-12-21-13-16)22-14-15-7-4-5-11-18(15)24-20/h4-8,11-13,17,19,22H,1-3,9-10,14H2,(H,23,24). The van der Waals surface area contributed by atoms with E-state index < -0.39 is 0 Å². The molecule has 4 nitrogen and oxygen atoms in total. The van der Waals surface area contributed by atoms with E-state index in [0.717, 1.165) is 23.6 Å². The van der Waals surface area contributed by atoms with Crippen molar-refractivity contribution >= 4 is 11.5 Å². The number of fused-ring (bicyclic) bond motifs is 1. The fourth-order valence-electron chi connectivity index (χ4n) is 3.65. The zero-order valence-electron chi connectivity index (χ0n) is 13.9. The second-order valence-electron chi connectivity index (χ2n) is 6.69. The van der Waals surface area contributed by atoms with Gasteiger partial charge in [0.25, 0.3) is 0 Å². The van der Waals surface area contributed by atoms with E-state index in [-0.39, 0.29) is 6.04 Å². The number of benzene rings is 1. The first-order chi connectivity index (χ1) is 11.9. The zero-order chi connectivity index (χ0) is 16.2. The van der Waals surface area contributed by atoms with Gasteiger partial charge in [-0.3, -0.25) is 15.3 Å². The van der Waals surface area contributed by atoms with Crippen LogP contribution in [0.15, 0.2) is 53.8 Å². The van der Waals surface area contributed by atoms with Gasteiger partial charge in [0.2, 0.25) is 0 Å². The third-order valence-corrected chi connectivity index (χ3v) is 4.96. The molecule has 1 aliphatic heterocycles. The number of aliphatic imine (C=N–C) groups is 1. The minimum Gasteiger partial charge on any atom is -0.342 e. The predicted molar refractivity (Wildman–Crippen MR) is 98.2 cm³/mol. The van der Waals surface area contributed by atoms with Gasteiger partial charge in [0.1, 0.15) is 5.84 Å². The summed E-state index contributed by atoms with van der Waals surface area (Å²) < 4.78 is 0. The molecular formula is C20H24N4. The highest BCUT2D eigenvalue weighted by Gasteiger charge is 2.24. The van der Waals surface area contributed by atoms with Crippen molar-refractivity contribution in [3.63, 3.8) is 0 Å². The molecule has 2 aromatic rings. The third-order valence-electron chi connectivity index (χ3n) is 4.96. The Hall–Kier alpha value is -2.20. The van der Waals surface area contributed by atoms with Gasteiger partial charge in [0.15, 0.2) is 0 Å². The van der Waals surface area contributed by atoms with Crippen LogP contribution in [0.2, 0.25) is 0 Å². The summed E-state index contributed by atoms with van der Waals surface area (Å²) in [6, 6.07) is 13.1. The first-order valence-corrected chi connectivity index (χ1v) is 8.96. The molecule has 4 heteroatoms. The first-order valence-electron chi connectivity index (χ1n) is 8.96. The van der Waals surface area contributed by atoms with Gasteiger partial charge >= 0.3 is 0 Å².